The maximum atomic E-state index is 8.55. The molecule has 1 nitrogen and oxygen atoms in total. The molecule has 2 heteroatoms. The highest BCUT2D eigenvalue weighted by atomic mass is 31.0. The lowest BCUT2D eigenvalue weighted by molar-refractivity contribution is 0.282. The topological polar surface area (TPSA) is 20.2 Å². The first-order valence-electron chi connectivity index (χ1n) is 4.53. The molecule has 0 spiro atoms. The van der Waals surface area contributed by atoms with Crippen molar-refractivity contribution in [2.24, 2.45) is 5.92 Å². The molecular weight excluding hydrogens is 155 g/mol. The van der Waals surface area contributed by atoms with Crippen molar-refractivity contribution < 1.29 is 5.11 Å². The van der Waals surface area contributed by atoms with Gasteiger partial charge in [-0.05, 0) is 30.8 Å². The minimum atomic E-state index is 0.346. The van der Waals surface area contributed by atoms with Gasteiger partial charge in [-0.3, -0.25) is 0 Å². The van der Waals surface area contributed by atoms with Gasteiger partial charge in [0.2, 0.25) is 0 Å². The van der Waals surface area contributed by atoms with Crippen molar-refractivity contribution in [2.75, 3.05) is 6.61 Å². The molecule has 0 aliphatic carbocycles. The average molecular weight is 176 g/mol. The van der Waals surface area contributed by atoms with Gasteiger partial charge in [0, 0.05) is 6.61 Å². The summed E-state index contributed by atoms with van der Waals surface area (Å²) in [5, 5.41) is 8.55. The van der Waals surface area contributed by atoms with Gasteiger partial charge in [-0.25, -0.2) is 0 Å². The van der Waals surface area contributed by atoms with Crippen molar-refractivity contribution in [2.45, 2.75) is 45.2 Å². The molecule has 11 heavy (non-hydrogen) atoms. The van der Waals surface area contributed by atoms with E-state index in [0.29, 0.717) is 6.61 Å². The Morgan fingerprint density at radius 3 is 2.36 bits per heavy atom. The van der Waals surface area contributed by atoms with E-state index in [0.717, 1.165) is 24.4 Å². The molecule has 0 saturated heterocycles. The van der Waals surface area contributed by atoms with E-state index >= 15 is 0 Å². The first-order chi connectivity index (χ1) is 5.16. The smallest absolute Gasteiger partial charge is 0.0431 e. The van der Waals surface area contributed by atoms with Gasteiger partial charge >= 0.3 is 0 Å². The molecule has 0 aromatic carbocycles. The molecule has 0 aliphatic heterocycles. The number of aliphatic hydroxyl groups excluding tert-OH is 1. The van der Waals surface area contributed by atoms with Crippen molar-refractivity contribution in [3.8, 4) is 0 Å². The lowest BCUT2D eigenvalue weighted by Crippen LogP contribution is -2.02. The average Bonchev–Trinajstić information content (AvgIpc) is 1.86. The van der Waals surface area contributed by atoms with Gasteiger partial charge in [0.1, 0.15) is 0 Å². The third-order valence-corrected chi connectivity index (χ3v) is 2.36. The summed E-state index contributed by atoms with van der Waals surface area (Å²) < 4.78 is 0. The van der Waals surface area contributed by atoms with E-state index in [9.17, 15) is 0 Å². The van der Waals surface area contributed by atoms with E-state index in [-0.39, 0.29) is 0 Å². The van der Waals surface area contributed by atoms with E-state index < -0.39 is 0 Å². The molecule has 68 valence electrons. The highest BCUT2D eigenvalue weighted by molar-refractivity contribution is 7.17. The van der Waals surface area contributed by atoms with Gasteiger partial charge < -0.3 is 5.11 Å². The number of unbranched alkanes of at least 4 members (excludes halogenated alkanes) is 1. The molecule has 1 N–H and O–H groups in total. The third kappa shape index (κ3) is 8.29. The Bertz CT molecular complexity index is 83.6. The van der Waals surface area contributed by atoms with Crippen molar-refractivity contribution in [1.29, 1.82) is 0 Å². The summed E-state index contributed by atoms with van der Waals surface area (Å²) in [7, 11) is 2.89. The quantitative estimate of drug-likeness (QED) is 0.487. The van der Waals surface area contributed by atoms with Crippen LogP contribution in [0.3, 0.4) is 0 Å². The Morgan fingerprint density at radius 2 is 1.91 bits per heavy atom. The largest absolute Gasteiger partial charge is 0.396 e. The molecule has 2 unspecified atom stereocenters. The molecular formula is C9H21OP. The first-order valence-corrected chi connectivity index (χ1v) is 5.20. The first kappa shape index (κ1) is 11.4. The summed E-state index contributed by atoms with van der Waals surface area (Å²) in [5.41, 5.74) is 0.751. The Labute approximate surface area is 72.8 Å². The van der Waals surface area contributed by atoms with Crippen LogP contribution >= 0.6 is 9.24 Å². The van der Waals surface area contributed by atoms with E-state index in [1.54, 1.807) is 0 Å². The SMILES string of the molecule is CC(C)CC(P)CCCCO. The molecule has 0 amide bonds. The molecule has 2 atom stereocenters. The monoisotopic (exact) mass is 176 g/mol. The van der Waals surface area contributed by atoms with Crippen LogP contribution in [-0.2, 0) is 0 Å². The summed E-state index contributed by atoms with van der Waals surface area (Å²) in [6.45, 7) is 4.85. The maximum Gasteiger partial charge on any atom is 0.0431 e. The van der Waals surface area contributed by atoms with Crippen LogP contribution in [0.4, 0.5) is 0 Å². The molecule has 0 aliphatic rings. The summed E-state index contributed by atoms with van der Waals surface area (Å²) in [6.07, 6.45) is 4.65. The molecule has 0 fully saturated rings. The Hall–Kier alpha value is 0.390. The van der Waals surface area contributed by atoms with Crippen LogP contribution in [-0.4, -0.2) is 17.4 Å². The lowest BCUT2D eigenvalue weighted by atomic mass is 10.0. The van der Waals surface area contributed by atoms with Gasteiger partial charge in [0.25, 0.3) is 0 Å². The van der Waals surface area contributed by atoms with Gasteiger partial charge in [-0.15, -0.1) is 9.24 Å². The van der Waals surface area contributed by atoms with Gasteiger partial charge in [-0.2, -0.15) is 0 Å². The zero-order valence-corrected chi connectivity index (χ0v) is 8.87. The van der Waals surface area contributed by atoms with Crippen LogP contribution in [0.15, 0.2) is 0 Å². The van der Waals surface area contributed by atoms with E-state index in [1.807, 2.05) is 0 Å². The van der Waals surface area contributed by atoms with E-state index in [4.69, 9.17) is 5.11 Å². The Morgan fingerprint density at radius 1 is 1.27 bits per heavy atom. The van der Waals surface area contributed by atoms with Crippen molar-refractivity contribution in [3.63, 3.8) is 0 Å². The Balaban J connectivity index is 3.15. The van der Waals surface area contributed by atoms with Crippen molar-refractivity contribution >= 4 is 9.24 Å². The predicted octanol–water partition coefficient (Wildman–Crippen LogP) is 2.44. The maximum absolute atomic E-state index is 8.55. The fourth-order valence-electron chi connectivity index (χ4n) is 1.24. The molecule has 0 rings (SSSR count). The standard InChI is InChI=1S/C9H21OP/c1-8(2)7-9(11)5-3-4-6-10/h8-10H,3-7,11H2,1-2H3. The molecule has 0 saturated carbocycles. The molecule has 0 radical (unpaired) electrons. The zero-order chi connectivity index (χ0) is 8.69. The van der Waals surface area contributed by atoms with Crippen LogP contribution in [0.1, 0.15) is 39.5 Å². The summed E-state index contributed by atoms with van der Waals surface area (Å²) in [4.78, 5) is 0. The number of hydrogen-bond acceptors (Lipinski definition) is 1. The van der Waals surface area contributed by atoms with Crippen LogP contribution in [0.5, 0.6) is 0 Å². The van der Waals surface area contributed by atoms with Crippen LogP contribution in [0.25, 0.3) is 0 Å². The van der Waals surface area contributed by atoms with Gasteiger partial charge in [0.05, 0.1) is 0 Å². The summed E-state index contributed by atoms with van der Waals surface area (Å²) >= 11 is 0. The summed E-state index contributed by atoms with van der Waals surface area (Å²) in [6, 6.07) is 0. The lowest BCUT2D eigenvalue weighted by Gasteiger charge is -2.12. The second kappa shape index (κ2) is 7.06. The molecule has 0 aromatic rings. The molecule has 0 bridgehead atoms. The number of hydrogen-bond donors (Lipinski definition) is 1. The second-order valence-corrected chi connectivity index (χ2v) is 4.55. The zero-order valence-electron chi connectivity index (χ0n) is 7.71. The third-order valence-electron chi connectivity index (χ3n) is 1.76. The molecule has 0 aromatic heterocycles. The fourth-order valence-corrected chi connectivity index (χ4v) is 2.02. The van der Waals surface area contributed by atoms with E-state index in [1.165, 1.54) is 12.8 Å². The normalized spacial score (nSPS) is 13.9. The summed E-state index contributed by atoms with van der Waals surface area (Å²) in [5.74, 6) is 0.798. The second-order valence-electron chi connectivity index (χ2n) is 3.61. The minimum Gasteiger partial charge on any atom is -0.396 e. The van der Waals surface area contributed by atoms with Crippen molar-refractivity contribution in [1.82, 2.24) is 0 Å². The Kier molecular flexibility index (Phi) is 7.31. The number of rotatable bonds is 6. The van der Waals surface area contributed by atoms with Crippen LogP contribution in [0, 0.1) is 5.92 Å². The van der Waals surface area contributed by atoms with E-state index in [2.05, 4.69) is 23.1 Å². The van der Waals surface area contributed by atoms with Crippen LogP contribution in [0.2, 0.25) is 0 Å². The number of aliphatic hydroxyl groups is 1. The highest BCUT2D eigenvalue weighted by Gasteiger charge is 2.03. The predicted molar refractivity (Wildman–Crippen MR) is 53.9 cm³/mol. The van der Waals surface area contributed by atoms with Gasteiger partial charge in [-0.1, -0.05) is 20.3 Å². The minimum absolute atomic E-state index is 0.346. The highest BCUT2D eigenvalue weighted by Crippen LogP contribution is 2.18. The van der Waals surface area contributed by atoms with Crippen LogP contribution < -0.4 is 0 Å². The van der Waals surface area contributed by atoms with Gasteiger partial charge in [0.15, 0.2) is 0 Å². The fraction of sp³-hybridized carbons (Fsp3) is 1.00. The van der Waals surface area contributed by atoms with Crippen molar-refractivity contribution in [3.05, 3.63) is 0 Å². The molecule has 0 heterocycles.